The fourth-order valence-electron chi connectivity index (χ4n) is 3.77. The van der Waals surface area contributed by atoms with E-state index in [1.165, 1.54) is 26.9 Å². The number of hydrogen-bond donors (Lipinski definition) is 1. The van der Waals surface area contributed by atoms with Gasteiger partial charge >= 0.3 is 0 Å². The van der Waals surface area contributed by atoms with Gasteiger partial charge in [-0.3, -0.25) is 9.69 Å². The smallest absolute Gasteiger partial charge is 0.251 e. The maximum Gasteiger partial charge on any atom is 0.251 e. The molecule has 2 atom stereocenters. The number of amides is 1. The monoisotopic (exact) mass is 409 g/mol. The maximum atomic E-state index is 12.9. The van der Waals surface area contributed by atoms with E-state index in [4.69, 9.17) is 14.2 Å². The molecule has 7 heteroatoms. The van der Waals surface area contributed by atoms with Crippen LogP contribution >= 0.6 is 0 Å². The van der Waals surface area contributed by atoms with Crippen molar-refractivity contribution in [3.8, 4) is 23.3 Å². The normalized spacial score (nSPS) is 18.9. The van der Waals surface area contributed by atoms with Crippen LogP contribution in [0.2, 0.25) is 0 Å². The predicted molar refractivity (Wildman–Crippen MR) is 113 cm³/mol. The van der Waals surface area contributed by atoms with Crippen molar-refractivity contribution in [2.45, 2.75) is 19.0 Å². The first-order chi connectivity index (χ1) is 14.6. The number of methoxy groups -OCH3 is 3. The third kappa shape index (κ3) is 4.84. The Kier molecular flexibility index (Phi) is 7.15. The molecule has 0 aromatic heterocycles. The highest BCUT2D eigenvalue weighted by atomic mass is 16.5. The number of hydrogen-bond acceptors (Lipinski definition) is 6. The molecule has 1 fully saturated rings. The Morgan fingerprint density at radius 2 is 1.80 bits per heavy atom. The molecule has 2 aromatic rings. The van der Waals surface area contributed by atoms with Crippen LogP contribution in [0.15, 0.2) is 42.5 Å². The molecule has 0 aliphatic carbocycles. The molecule has 30 heavy (non-hydrogen) atoms. The van der Waals surface area contributed by atoms with Gasteiger partial charge in [0.05, 0.1) is 33.3 Å². The van der Waals surface area contributed by atoms with E-state index in [0.29, 0.717) is 35.8 Å². The van der Waals surface area contributed by atoms with Gasteiger partial charge in [0, 0.05) is 31.2 Å². The molecular formula is C23H27N3O4. The molecule has 1 amide bonds. The first-order valence-electron chi connectivity index (χ1n) is 9.86. The van der Waals surface area contributed by atoms with E-state index in [0.717, 1.165) is 13.1 Å². The molecule has 0 unspecified atom stereocenters. The molecule has 1 heterocycles. The summed E-state index contributed by atoms with van der Waals surface area (Å²) in [5.41, 5.74) is 1.61. The fraction of sp³-hybridized carbons (Fsp3) is 0.391. The molecule has 2 aromatic carbocycles. The number of nitriles is 1. The lowest BCUT2D eigenvalue weighted by Gasteiger charge is -2.35. The predicted octanol–water partition coefficient (Wildman–Crippen LogP) is 2.86. The summed E-state index contributed by atoms with van der Waals surface area (Å²) in [6.45, 7) is 2.23. The van der Waals surface area contributed by atoms with E-state index in [-0.39, 0.29) is 17.9 Å². The maximum absolute atomic E-state index is 12.9. The Hall–Kier alpha value is -3.24. The van der Waals surface area contributed by atoms with Gasteiger partial charge in [0.15, 0.2) is 11.5 Å². The third-order valence-electron chi connectivity index (χ3n) is 5.36. The lowest BCUT2D eigenvalue weighted by Crippen LogP contribution is -2.50. The molecule has 0 saturated carbocycles. The van der Waals surface area contributed by atoms with Crippen LogP contribution in [0.5, 0.6) is 17.2 Å². The molecule has 158 valence electrons. The van der Waals surface area contributed by atoms with Gasteiger partial charge in [0.2, 0.25) is 5.75 Å². The largest absolute Gasteiger partial charge is 0.493 e. The lowest BCUT2D eigenvalue weighted by molar-refractivity contribution is 0.0881. The summed E-state index contributed by atoms with van der Waals surface area (Å²) in [5.74, 6) is 0.707. The average molecular weight is 409 g/mol. The van der Waals surface area contributed by atoms with Gasteiger partial charge in [-0.05, 0) is 24.1 Å². The summed E-state index contributed by atoms with van der Waals surface area (Å²) in [7, 11) is 4.53. The van der Waals surface area contributed by atoms with E-state index in [9.17, 15) is 10.1 Å². The number of benzene rings is 2. The Balaban J connectivity index is 1.69. The van der Waals surface area contributed by atoms with Crippen molar-refractivity contribution >= 4 is 5.91 Å². The number of nitrogens with one attached hydrogen (secondary N) is 1. The van der Waals surface area contributed by atoms with Crippen LogP contribution in [0.4, 0.5) is 0 Å². The second kappa shape index (κ2) is 9.99. The number of ether oxygens (including phenoxy) is 3. The zero-order valence-corrected chi connectivity index (χ0v) is 17.6. The fourth-order valence-corrected chi connectivity index (χ4v) is 3.77. The molecule has 0 bridgehead atoms. The molecule has 1 aliphatic heterocycles. The Labute approximate surface area is 177 Å². The van der Waals surface area contributed by atoms with Gasteiger partial charge in [-0.15, -0.1) is 0 Å². The summed E-state index contributed by atoms with van der Waals surface area (Å²) in [5, 5.41) is 12.7. The minimum Gasteiger partial charge on any atom is -0.493 e. The molecule has 0 radical (unpaired) electrons. The van der Waals surface area contributed by atoms with Crippen molar-refractivity contribution in [3.05, 3.63) is 53.6 Å². The standard InChI is InChI=1S/C23H27N3O4/c1-28-20-11-17(12-21(29-2)22(20)30-3)23(27)25-19-9-10-26(15-18(19)13-24)14-16-7-5-4-6-8-16/h4-8,11-12,18-19H,9-10,14-15H2,1-3H3,(H,25,27)/t18-,19+/m1/s1. The van der Waals surface area contributed by atoms with Crippen LogP contribution in [-0.2, 0) is 6.54 Å². The quantitative estimate of drug-likeness (QED) is 0.757. The molecule has 1 N–H and O–H groups in total. The molecule has 1 aliphatic rings. The second-order valence-electron chi connectivity index (χ2n) is 7.24. The van der Waals surface area contributed by atoms with Crippen LogP contribution in [0, 0.1) is 17.2 Å². The first-order valence-corrected chi connectivity index (χ1v) is 9.86. The van der Waals surface area contributed by atoms with Crippen LogP contribution < -0.4 is 19.5 Å². The number of carbonyl (C=O) groups is 1. The summed E-state index contributed by atoms with van der Waals surface area (Å²) >= 11 is 0. The van der Waals surface area contributed by atoms with E-state index < -0.39 is 0 Å². The second-order valence-corrected chi connectivity index (χ2v) is 7.24. The van der Waals surface area contributed by atoms with Crippen molar-refractivity contribution in [2.24, 2.45) is 5.92 Å². The lowest BCUT2D eigenvalue weighted by atomic mass is 9.92. The highest BCUT2D eigenvalue weighted by Crippen LogP contribution is 2.38. The number of carbonyl (C=O) groups excluding carboxylic acids is 1. The van der Waals surface area contributed by atoms with Crippen molar-refractivity contribution in [2.75, 3.05) is 34.4 Å². The van der Waals surface area contributed by atoms with Crippen LogP contribution in [0.1, 0.15) is 22.3 Å². The van der Waals surface area contributed by atoms with Crippen molar-refractivity contribution < 1.29 is 19.0 Å². The van der Waals surface area contributed by atoms with Gasteiger partial charge < -0.3 is 19.5 Å². The van der Waals surface area contributed by atoms with Crippen molar-refractivity contribution in [3.63, 3.8) is 0 Å². The van der Waals surface area contributed by atoms with Gasteiger partial charge in [-0.2, -0.15) is 5.26 Å². The van der Waals surface area contributed by atoms with Crippen LogP contribution in [0.3, 0.4) is 0 Å². The number of nitrogens with zero attached hydrogens (tertiary/aromatic N) is 2. The Morgan fingerprint density at radius 1 is 1.13 bits per heavy atom. The molecule has 1 saturated heterocycles. The first kappa shape index (κ1) is 21.5. The number of rotatable bonds is 7. The van der Waals surface area contributed by atoms with Crippen LogP contribution in [0.25, 0.3) is 0 Å². The molecular weight excluding hydrogens is 382 g/mol. The Morgan fingerprint density at radius 3 is 2.37 bits per heavy atom. The number of piperidine rings is 1. The molecule has 7 nitrogen and oxygen atoms in total. The zero-order chi connectivity index (χ0) is 21.5. The topological polar surface area (TPSA) is 83.8 Å². The average Bonchev–Trinajstić information content (AvgIpc) is 2.79. The minimum atomic E-state index is -0.284. The molecule has 0 spiro atoms. The van der Waals surface area contributed by atoms with E-state index >= 15 is 0 Å². The summed E-state index contributed by atoms with van der Waals surface area (Å²) in [6, 6.07) is 15.6. The zero-order valence-electron chi connectivity index (χ0n) is 17.6. The van der Waals surface area contributed by atoms with E-state index in [2.05, 4.69) is 28.4 Å². The van der Waals surface area contributed by atoms with Crippen molar-refractivity contribution in [1.82, 2.24) is 10.2 Å². The summed E-state index contributed by atoms with van der Waals surface area (Å²) in [4.78, 5) is 15.2. The van der Waals surface area contributed by atoms with Crippen LogP contribution in [-0.4, -0.2) is 51.3 Å². The summed E-state index contributed by atoms with van der Waals surface area (Å²) < 4.78 is 16.0. The van der Waals surface area contributed by atoms with E-state index in [1.54, 1.807) is 12.1 Å². The molecule has 3 rings (SSSR count). The summed E-state index contributed by atoms with van der Waals surface area (Å²) in [6.07, 6.45) is 0.710. The Bertz CT molecular complexity index is 885. The van der Waals surface area contributed by atoms with Gasteiger partial charge in [0.1, 0.15) is 0 Å². The van der Waals surface area contributed by atoms with Gasteiger partial charge in [-0.1, -0.05) is 30.3 Å². The third-order valence-corrected chi connectivity index (χ3v) is 5.36. The van der Waals surface area contributed by atoms with E-state index in [1.807, 2.05) is 18.2 Å². The SMILES string of the molecule is COc1cc(C(=O)N[C@H]2CCN(Cc3ccccc3)C[C@H]2C#N)cc(OC)c1OC. The highest BCUT2D eigenvalue weighted by Gasteiger charge is 2.31. The van der Waals surface area contributed by atoms with Gasteiger partial charge in [-0.25, -0.2) is 0 Å². The van der Waals surface area contributed by atoms with Crippen molar-refractivity contribution in [1.29, 1.82) is 5.26 Å². The number of likely N-dealkylation sites (tertiary alicyclic amines) is 1. The minimum absolute atomic E-state index is 0.214. The highest BCUT2D eigenvalue weighted by molar-refractivity contribution is 5.95. The van der Waals surface area contributed by atoms with Gasteiger partial charge in [0.25, 0.3) is 5.91 Å².